The molecule has 0 unspecified atom stereocenters. The van der Waals surface area contributed by atoms with Crippen molar-refractivity contribution in [1.82, 2.24) is 0 Å². The van der Waals surface area contributed by atoms with Gasteiger partial charge in [-0.25, -0.2) is 0 Å². The third-order valence-electron chi connectivity index (χ3n) is 2.60. The maximum absolute atomic E-state index is 12.4. The zero-order valence-electron chi connectivity index (χ0n) is 7.79. The van der Waals surface area contributed by atoms with Crippen LogP contribution in [0.5, 0.6) is 0 Å². The standard InChI is InChI=1S/C8H10F3NO3/c9-8(10,11)6(4-12(14)15)5-2-1-3-7(5)13/h5-6H,1-4H2/t5-,6-/m0/s1. The smallest absolute Gasteiger partial charge is 0.299 e. The summed E-state index contributed by atoms with van der Waals surface area (Å²) in [6.07, 6.45) is -4.06. The predicted molar refractivity (Wildman–Crippen MR) is 43.8 cm³/mol. The monoisotopic (exact) mass is 225 g/mol. The van der Waals surface area contributed by atoms with Gasteiger partial charge in [-0.15, -0.1) is 0 Å². The molecule has 1 saturated carbocycles. The van der Waals surface area contributed by atoms with Crippen LogP contribution in [0.15, 0.2) is 0 Å². The summed E-state index contributed by atoms with van der Waals surface area (Å²) in [7, 11) is 0. The van der Waals surface area contributed by atoms with Crippen molar-refractivity contribution in [2.75, 3.05) is 6.54 Å². The molecule has 0 aromatic heterocycles. The molecule has 1 aliphatic carbocycles. The lowest BCUT2D eigenvalue weighted by atomic mass is 9.89. The van der Waals surface area contributed by atoms with Gasteiger partial charge in [-0.05, 0) is 12.8 Å². The summed E-state index contributed by atoms with van der Waals surface area (Å²) in [5.41, 5.74) is 0. The number of rotatable bonds is 3. The lowest BCUT2D eigenvalue weighted by Gasteiger charge is -2.21. The van der Waals surface area contributed by atoms with Gasteiger partial charge in [0.15, 0.2) is 0 Å². The van der Waals surface area contributed by atoms with Crippen LogP contribution in [0, 0.1) is 22.0 Å². The van der Waals surface area contributed by atoms with E-state index in [-0.39, 0.29) is 12.8 Å². The van der Waals surface area contributed by atoms with Crippen molar-refractivity contribution >= 4 is 5.78 Å². The summed E-state index contributed by atoms with van der Waals surface area (Å²) >= 11 is 0. The largest absolute Gasteiger partial charge is 0.398 e. The molecule has 1 aliphatic rings. The Kier molecular flexibility index (Phi) is 3.31. The molecule has 0 aliphatic heterocycles. The number of alkyl halides is 3. The molecule has 0 spiro atoms. The Morgan fingerprint density at radius 3 is 2.47 bits per heavy atom. The van der Waals surface area contributed by atoms with Crippen molar-refractivity contribution in [3.05, 3.63) is 10.1 Å². The molecule has 15 heavy (non-hydrogen) atoms. The van der Waals surface area contributed by atoms with E-state index >= 15 is 0 Å². The molecule has 1 fully saturated rings. The predicted octanol–water partition coefficient (Wildman–Crippen LogP) is 1.81. The first-order chi connectivity index (χ1) is 6.82. The highest BCUT2D eigenvalue weighted by atomic mass is 19.4. The average Bonchev–Trinajstić information content (AvgIpc) is 2.45. The molecule has 0 aromatic carbocycles. The Bertz CT molecular complexity index is 277. The van der Waals surface area contributed by atoms with Crippen LogP contribution in [0.4, 0.5) is 13.2 Å². The lowest BCUT2D eigenvalue weighted by molar-refractivity contribution is -0.499. The fourth-order valence-corrected chi connectivity index (χ4v) is 1.89. The molecule has 0 heterocycles. The number of nitrogens with zero attached hydrogens (tertiary/aromatic N) is 1. The molecule has 0 saturated heterocycles. The summed E-state index contributed by atoms with van der Waals surface area (Å²) in [6.45, 7) is -1.21. The Morgan fingerprint density at radius 1 is 1.53 bits per heavy atom. The third-order valence-corrected chi connectivity index (χ3v) is 2.60. The highest BCUT2D eigenvalue weighted by Crippen LogP contribution is 2.38. The zero-order valence-corrected chi connectivity index (χ0v) is 7.79. The summed E-state index contributed by atoms with van der Waals surface area (Å²) in [5.74, 6) is -3.84. The molecule has 0 aromatic rings. The number of carbonyl (C=O) groups is 1. The van der Waals surface area contributed by atoms with Gasteiger partial charge < -0.3 is 0 Å². The summed E-state index contributed by atoms with van der Waals surface area (Å²) in [6, 6.07) is 0. The van der Waals surface area contributed by atoms with Crippen LogP contribution in [0.1, 0.15) is 19.3 Å². The summed E-state index contributed by atoms with van der Waals surface area (Å²) in [4.78, 5) is 20.2. The maximum Gasteiger partial charge on any atom is 0.398 e. The first kappa shape index (κ1) is 11.9. The van der Waals surface area contributed by atoms with Gasteiger partial charge in [-0.1, -0.05) is 0 Å². The SMILES string of the molecule is O=C1CCC[C@H]1[C@H](C[N+](=O)[O-])C(F)(F)F. The van der Waals surface area contributed by atoms with E-state index < -0.39 is 35.3 Å². The van der Waals surface area contributed by atoms with Crippen molar-refractivity contribution < 1.29 is 22.9 Å². The van der Waals surface area contributed by atoms with E-state index in [4.69, 9.17) is 0 Å². The van der Waals surface area contributed by atoms with Crippen LogP contribution in [-0.4, -0.2) is 23.4 Å². The van der Waals surface area contributed by atoms with E-state index in [0.717, 1.165) is 0 Å². The van der Waals surface area contributed by atoms with Gasteiger partial charge >= 0.3 is 6.18 Å². The quantitative estimate of drug-likeness (QED) is 0.543. The van der Waals surface area contributed by atoms with E-state index in [1.54, 1.807) is 0 Å². The van der Waals surface area contributed by atoms with Gasteiger partial charge in [0.1, 0.15) is 11.7 Å². The Hall–Kier alpha value is -1.14. The van der Waals surface area contributed by atoms with Crippen molar-refractivity contribution in [3.63, 3.8) is 0 Å². The van der Waals surface area contributed by atoms with Crippen molar-refractivity contribution in [2.45, 2.75) is 25.4 Å². The molecule has 86 valence electrons. The van der Waals surface area contributed by atoms with Gasteiger partial charge in [0.2, 0.25) is 6.54 Å². The molecular formula is C8H10F3NO3. The zero-order chi connectivity index (χ0) is 11.6. The molecule has 0 bridgehead atoms. The molecule has 2 atom stereocenters. The number of ketones is 1. The fourth-order valence-electron chi connectivity index (χ4n) is 1.89. The molecule has 4 nitrogen and oxygen atoms in total. The van der Waals surface area contributed by atoms with Crippen LogP contribution in [-0.2, 0) is 4.79 Å². The number of nitro groups is 1. The van der Waals surface area contributed by atoms with E-state index in [0.29, 0.717) is 6.42 Å². The van der Waals surface area contributed by atoms with Gasteiger partial charge in [-0.3, -0.25) is 14.9 Å². The number of Topliss-reactive ketones (excluding diaryl/α,β-unsaturated/α-hetero) is 1. The normalized spacial score (nSPS) is 24.2. The van der Waals surface area contributed by atoms with E-state index in [1.165, 1.54) is 0 Å². The van der Waals surface area contributed by atoms with Crippen molar-refractivity contribution in [3.8, 4) is 0 Å². The minimum atomic E-state index is -4.67. The van der Waals surface area contributed by atoms with E-state index in [1.807, 2.05) is 0 Å². The third kappa shape index (κ3) is 2.90. The first-order valence-electron chi connectivity index (χ1n) is 4.53. The maximum atomic E-state index is 12.4. The minimum Gasteiger partial charge on any atom is -0.299 e. The number of carbonyl (C=O) groups excluding carboxylic acids is 1. The van der Waals surface area contributed by atoms with Crippen LogP contribution in [0.25, 0.3) is 0 Å². The molecule has 0 radical (unpaired) electrons. The van der Waals surface area contributed by atoms with Crippen LogP contribution >= 0.6 is 0 Å². The Balaban J connectivity index is 2.80. The van der Waals surface area contributed by atoms with Gasteiger partial charge in [0.25, 0.3) is 0 Å². The average molecular weight is 225 g/mol. The van der Waals surface area contributed by atoms with Crippen molar-refractivity contribution in [2.24, 2.45) is 11.8 Å². The van der Waals surface area contributed by atoms with Crippen LogP contribution in [0.3, 0.4) is 0 Å². The Morgan fingerprint density at radius 2 is 2.13 bits per heavy atom. The minimum absolute atomic E-state index is 0.106. The second-order valence-corrected chi connectivity index (χ2v) is 3.63. The topological polar surface area (TPSA) is 60.2 Å². The van der Waals surface area contributed by atoms with E-state index in [2.05, 4.69) is 0 Å². The molecule has 0 N–H and O–H groups in total. The summed E-state index contributed by atoms with van der Waals surface area (Å²) < 4.78 is 37.3. The number of hydrogen-bond acceptors (Lipinski definition) is 3. The van der Waals surface area contributed by atoms with Crippen LogP contribution < -0.4 is 0 Å². The molecule has 0 amide bonds. The van der Waals surface area contributed by atoms with Gasteiger partial charge in [0, 0.05) is 17.3 Å². The van der Waals surface area contributed by atoms with Crippen molar-refractivity contribution in [1.29, 1.82) is 0 Å². The second-order valence-electron chi connectivity index (χ2n) is 3.63. The number of hydrogen-bond donors (Lipinski definition) is 0. The Labute approximate surface area is 83.6 Å². The number of halogens is 3. The first-order valence-corrected chi connectivity index (χ1v) is 4.53. The summed E-state index contributed by atoms with van der Waals surface area (Å²) in [5, 5.41) is 10.1. The van der Waals surface area contributed by atoms with Gasteiger partial charge in [-0.2, -0.15) is 13.2 Å². The fraction of sp³-hybridized carbons (Fsp3) is 0.875. The molecular weight excluding hydrogens is 215 g/mol. The van der Waals surface area contributed by atoms with Gasteiger partial charge in [0.05, 0.1) is 0 Å². The lowest BCUT2D eigenvalue weighted by Crippen LogP contribution is -2.37. The highest BCUT2D eigenvalue weighted by Gasteiger charge is 2.51. The molecule has 1 rings (SSSR count). The molecule has 7 heteroatoms. The van der Waals surface area contributed by atoms with E-state index in [9.17, 15) is 28.1 Å². The van der Waals surface area contributed by atoms with Crippen LogP contribution in [0.2, 0.25) is 0 Å². The second kappa shape index (κ2) is 4.16. The highest BCUT2D eigenvalue weighted by molar-refractivity contribution is 5.83.